The zero-order valence-corrected chi connectivity index (χ0v) is 14.1. The smallest absolute Gasteiger partial charge is 0.126 e. The van der Waals surface area contributed by atoms with Gasteiger partial charge in [0.05, 0.1) is 18.4 Å². The average molecular weight is 311 g/mol. The molecule has 0 amide bonds. The molecule has 0 radical (unpaired) electrons. The molecule has 0 aliphatic carbocycles. The zero-order chi connectivity index (χ0) is 16.0. The Morgan fingerprint density at radius 1 is 1.17 bits per heavy atom. The van der Waals surface area contributed by atoms with Crippen molar-refractivity contribution in [1.82, 2.24) is 0 Å². The molecule has 0 spiro atoms. The lowest BCUT2D eigenvalue weighted by Crippen LogP contribution is -2.36. The Hall–Kier alpha value is -1.74. The zero-order valence-electron chi connectivity index (χ0n) is 14.1. The second kappa shape index (κ2) is 5.41. The molecule has 3 heterocycles. The number of nitrogens with one attached hydrogen (secondary N) is 1. The minimum Gasteiger partial charge on any atom is -0.467 e. The minimum atomic E-state index is 0.150. The highest BCUT2D eigenvalue weighted by molar-refractivity contribution is 5.58. The van der Waals surface area contributed by atoms with Crippen molar-refractivity contribution in [2.45, 2.75) is 51.2 Å². The molecule has 1 aromatic heterocycles. The quantitative estimate of drug-likeness (QED) is 0.785. The minimum absolute atomic E-state index is 0.150. The van der Waals surface area contributed by atoms with Crippen LogP contribution in [0.1, 0.15) is 62.6 Å². The summed E-state index contributed by atoms with van der Waals surface area (Å²) in [5, 5.41) is 3.70. The Labute approximate surface area is 138 Å². The first-order valence-corrected chi connectivity index (χ1v) is 8.60. The molecule has 2 aliphatic rings. The highest BCUT2D eigenvalue weighted by Gasteiger charge is 2.41. The Morgan fingerprint density at radius 3 is 2.78 bits per heavy atom. The number of anilines is 1. The monoisotopic (exact) mass is 311 g/mol. The lowest BCUT2D eigenvalue weighted by molar-refractivity contribution is -0.0401. The van der Waals surface area contributed by atoms with Gasteiger partial charge < -0.3 is 14.5 Å². The molecule has 3 nitrogen and oxygen atoms in total. The van der Waals surface area contributed by atoms with Crippen molar-refractivity contribution in [2.24, 2.45) is 5.92 Å². The largest absolute Gasteiger partial charge is 0.467 e. The summed E-state index contributed by atoms with van der Waals surface area (Å²) >= 11 is 0. The van der Waals surface area contributed by atoms with Gasteiger partial charge in [0.1, 0.15) is 5.76 Å². The summed E-state index contributed by atoms with van der Waals surface area (Å²) in [6.07, 6.45) is 4.21. The summed E-state index contributed by atoms with van der Waals surface area (Å²) < 4.78 is 11.9. The number of ether oxygens (including phenoxy) is 1. The molecule has 3 heteroatoms. The van der Waals surface area contributed by atoms with Crippen LogP contribution in [-0.2, 0) is 10.2 Å². The Bertz CT molecular complexity index is 684. The predicted octanol–water partition coefficient (Wildman–Crippen LogP) is 5.21. The lowest BCUT2D eigenvalue weighted by Gasteiger charge is -2.42. The normalized spacial score (nSPS) is 27.0. The number of fused-ring (bicyclic) bond motifs is 3. The SMILES string of the molecule is CC(C)(C)c1ccc2c(c1)[C@H]1OCCC[C@H]1[C@H](c1ccco1)N2. The number of hydrogen-bond acceptors (Lipinski definition) is 3. The van der Waals surface area contributed by atoms with E-state index in [0.29, 0.717) is 5.92 Å². The van der Waals surface area contributed by atoms with Crippen molar-refractivity contribution in [3.63, 3.8) is 0 Å². The van der Waals surface area contributed by atoms with Gasteiger partial charge in [-0.3, -0.25) is 0 Å². The topological polar surface area (TPSA) is 34.4 Å². The average Bonchev–Trinajstić information content (AvgIpc) is 3.07. The summed E-state index contributed by atoms with van der Waals surface area (Å²) in [5.74, 6) is 1.44. The van der Waals surface area contributed by atoms with Crippen LogP contribution in [0.2, 0.25) is 0 Å². The molecule has 1 saturated heterocycles. The second-order valence-electron chi connectivity index (χ2n) is 7.79. The maximum Gasteiger partial charge on any atom is 0.126 e. The molecule has 23 heavy (non-hydrogen) atoms. The van der Waals surface area contributed by atoms with Crippen molar-refractivity contribution in [3.05, 3.63) is 53.5 Å². The van der Waals surface area contributed by atoms with E-state index >= 15 is 0 Å². The lowest BCUT2D eigenvalue weighted by atomic mass is 9.77. The van der Waals surface area contributed by atoms with E-state index in [9.17, 15) is 0 Å². The van der Waals surface area contributed by atoms with E-state index in [4.69, 9.17) is 9.15 Å². The van der Waals surface area contributed by atoms with Gasteiger partial charge in [0.2, 0.25) is 0 Å². The van der Waals surface area contributed by atoms with Crippen LogP contribution in [0.3, 0.4) is 0 Å². The van der Waals surface area contributed by atoms with Gasteiger partial charge in [0.25, 0.3) is 0 Å². The summed E-state index contributed by atoms with van der Waals surface area (Å²) in [5.41, 5.74) is 4.01. The van der Waals surface area contributed by atoms with Crippen molar-refractivity contribution in [3.8, 4) is 0 Å². The molecule has 3 atom stereocenters. The van der Waals surface area contributed by atoms with E-state index in [0.717, 1.165) is 18.8 Å². The van der Waals surface area contributed by atoms with Gasteiger partial charge in [-0.25, -0.2) is 0 Å². The van der Waals surface area contributed by atoms with Crippen LogP contribution in [0.4, 0.5) is 5.69 Å². The van der Waals surface area contributed by atoms with E-state index in [1.165, 1.54) is 23.2 Å². The summed E-state index contributed by atoms with van der Waals surface area (Å²) in [7, 11) is 0. The molecule has 1 N–H and O–H groups in total. The van der Waals surface area contributed by atoms with E-state index in [-0.39, 0.29) is 17.6 Å². The van der Waals surface area contributed by atoms with Gasteiger partial charge in [-0.2, -0.15) is 0 Å². The second-order valence-corrected chi connectivity index (χ2v) is 7.79. The number of hydrogen-bond donors (Lipinski definition) is 1. The van der Waals surface area contributed by atoms with Crippen LogP contribution < -0.4 is 5.32 Å². The number of rotatable bonds is 1. The predicted molar refractivity (Wildman–Crippen MR) is 91.6 cm³/mol. The molecular formula is C20H25NO2. The first-order valence-electron chi connectivity index (χ1n) is 8.60. The van der Waals surface area contributed by atoms with E-state index in [1.807, 2.05) is 6.07 Å². The molecule has 2 aromatic rings. The van der Waals surface area contributed by atoms with Crippen LogP contribution in [0.5, 0.6) is 0 Å². The highest BCUT2D eigenvalue weighted by Crippen LogP contribution is 2.49. The molecule has 4 rings (SSSR count). The first kappa shape index (κ1) is 14.8. The van der Waals surface area contributed by atoms with Crippen LogP contribution in [0.25, 0.3) is 0 Å². The Kier molecular flexibility index (Phi) is 3.49. The Balaban J connectivity index is 1.78. The van der Waals surface area contributed by atoms with Gasteiger partial charge in [-0.05, 0) is 42.0 Å². The maximum atomic E-state index is 6.22. The third-order valence-corrected chi connectivity index (χ3v) is 5.18. The van der Waals surface area contributed by atoms with Gasteiger partial charge in [0.15, 0.2) is 0 Å². The molecule has 122 valence electrons. The molecular weight excluding hydrogens is 286 g/mol. The summed E-state index contributed by atoms with van der Waals surface area (Å²) in [4.78, 5) is 0. The third-order valence-electron chi connectivity index (χ3n) is 5.18. The fourth-order valence-corrected chi connectivity index (χ4v) is 3.89. The molecule has 1 fully saturated rings. The molecule has 0 saturated carbocycles. The van der Waals surface area contributed by atoms with Crippen LogP contribution in [-0.4, -0.2) is 6.61 Å². The summed E-state index contributed by atoms with van der Waals surface area (Å²) in [6, 6.07) is 11.0. The van der Waals surface area contributed by atoms with Crippen LogP contribution in [0.15, 0.2) is 41.0 Å². The van der Waals surface area contributed by atoms with Crippen LogP contribution in [0, 0.1) is 5.92 Å². The third kappa shape index (κ3) is 2.57. The molecule has 0 bridgehead atoms. The van der Waals surface area contributed by atoms with Gasteiger partial charge >= 0.3 is 0 Å². The molecule has 2 aliphatic heterocycles. The van der Waals surface area contributed by atoms with E-state index in [2.05, 4.69) is 50.4 Å². The van der Waals surface area contributed by atoms with Crippen molar-refractivity contribution < 1.29 is 9.15 Å². The number of furan rings is 1. The van der Waals surface area contributed by atoms with Gasteiger partial charge in [0, 0.05) is 23.8 Å². The maximum absolute atomic E-state index is 6.22. The number of benzene rings is 1. The molecule has 1 aromatic carbocycles. The fraction of sp³-hybridized carbons (Fsp3) is 0.500. The first-order chi connectivity index (χ1) is 11.0. The van der Waals surface area contributed by atoms with Crippen molar-refractivity contribution >= 4 is 5.69 Å². The van der Waals surface area contributed by atoms with E-state index < -0.39 is 0 Å². The van der Waals surface area contributed by atoms with Crippen molar-refractivity contribution in [1.29, 1.82) is 0 Å². The highest BCUT2D eigenvalue weighted by atomic mass is 16.5. The van der Waals surface area contributed by atoms with E-state index in [1.54, 1.807) is 6.26 Å². The van der Waals surface area contributed by atoms with Crippen molar-refractivity contribution in [2.75, 3.05) is 11.9 Å². The standard InChI is InChI=1S/C20H25NO2/c1-20(2,3)13-8-9-16-15(12-13)19-14(6-4-11-23-19)18(21-16)17-7-5-10-22-17/h5,7-10,12,14,18-19,21H,4,6,11H2,1-3H3/t14-,18+,19-/m0/s1. The van der Waals surface area contributed by atoms with Gasteiger partial charge in [-0.15, -0.1) is 0 Å². The Morgan fingerprint density at radius 2 is 2.04 bits per heavy atom. The molecule has 0 unspecified atom stereocenters. The van der Waals surface area contributed by atoms with Crippen LogP contribution >= 0.6 is 0 Å². The van der Waals surface area contributed by atoms with Gasteiger partial charge in [-0.1, -0.05) is 32.9 Å². The fourth-order valence-electron chi connectivity index (χ4n) is 3.89. The summed E-state index contributed by atoms with van der Waals surface area (Å²) in [6.45, 7) is 7.63.